The molecule has 34 heavy (non-hydrogen) atoms. The molecule has 16 atom stereocenters. The van der Waals surface area contributed by atoms with Gasteiger partial charge in [0, 0.05) is 0 Å². The Bertz CT molecular complexity index is 796. The molecule has 0 amide bonds. The van der Waals surface area contributed by atoms with Gasteiger partial charge in [0.05, 0.1) is 0 Å². The first-order valence-electron chi connectivity index (χ1n) is 16.5. The Labute approximate surface area is 210 Å². The van der Waals surface area contributed by atoms with E-state index in [1.807, 2.05) is 0 Å². The lowest BCUT2D eigenvalue weighted by Gasteiger charge is -2.85. The van der Waals surface area contributed by atoms with Crippen LogP contribution < -0.4 is 0 Å². The smallest absolute Gasteiger partial charge is 0.0171 e. The van der Waals surface area contributed by atoms with Crippen molar-refractivity contribution in [3.05, 3.63) is 12.7 Å². The molecule has 188 valence electrons. The lowest BCUT2D eigenvalue weighted by atomic mass is 9.20. The summed E-state index contributed by atoms with van der Waals surface area (Å²) in [5.74, 6) is 18.4. The number of fused-ring (bicyclic) bond motifs is 17. The van der Waals surface area contributed by atoms with E-state index in [0.717, 1.165) is 35.5 Å². The van der Waals surface area contributed by atoms with Crippen molar-refractivity contribution in [2.24, 2.45) is 94.7 Å². The minimum absolute atomic E-state index is 0.892. The van der Waals surface area contributed by atoms with E-state index >= 15 is 0 Å². The van der Waals surface area contributed by atoms with Crippen LogP contribution in [0.25, 0.3) is 0 Å². The van der Waals surface area contributed by atoms with E-state index < -0.39 is 0 Å². The molecule has 0 N–H and O–H groups in total. The second-order valence-electron chi connectivity index (χ2n) is 15.1. The summed E-state index contributed by atoms with van der Waals surface area (Å²) in [6.45, 7) is 6.71. The zero-order valence-corrected chi connectivity index (χ0v) is 22.1. The second kappa shape index (κ2) is 8.12. The first-order valence-corrected chi connectivity index (χ1v) is 16.5. The van der Waals surface area contributed by atoms with Gasteiger partial charge in [-0.25, -0.2) is 0 Å². The van der Waals surface area contributed by atoms with Gasteiger partial charge >= 0.3 is 0 Å². The Balaban J connectivity index is 0.965. The zero-order chi connectivity index (χ0) is 22.6. The van der Waals surface area contributed by atoms with Crippen molar-refractivity contribution in [1.82, 2.24) is 0 Å². The molecule has 8 rings (SSSR count). The average molecular weight is 461 g/mol. The SMILES string of the molecule is C=CC1C(CCC)C2C3CC4C(CCC3C12)C1C4C2C3C4CCCCCCCCCCC4C3C12. The van der Waals surface area contributed by atoms with E-state index in [4.69, 9.17) is 0 Å². The molecule has 0 nitrogen and oxygen atoms in total. The quantitative estimate of drug-likeness (QED) is 0.291. The van der Waals surface area contributed by atoms with E-state index in [1.54, 1.807) is 57.8 Å². The van der Waals surface area contributed by atoms with Crippen molar-refractivity contribution in [3.63, 3.8) is 0 Å². The fourth-order valence-corrected chi connectivity index (χ4v) is 13.8. The maximum atomic E-state index is 4.29. The summed E-state index contributed by atoms with van der Waals surface area (Å²) in [6.07, 6.45) is 25.7. The van der Waals surface area contributed by atoms with E-state index in [9.17, 15) is 0 Å². The molecule has 0 aromatic heterocycles. The lowest BCUT2D eigenvalue weighted by molar-refractivity contribution is -0.379. The van der Waals surface area contributed by atoms with Crippen molar-refractivity contribution in [3.8, 4) is 0 Å². The monoisotopic (exact) mass is 460 g/mol. The minimum Gasteiger partial charge on any atom is -0.103 e. The predicted molar refractivity (Wildman–Crippen MR) is 141 cm³/mol. The van der Waals surface area contributed by atoms with Crippen LogP contribution in [-0.4, -0.2) is 0 Å². The predicted octanol–water partition coefficient (Wildman–Crippen LogP) is 9.01. The Kier molecular flexibility index (Phi) is 5.20. The van der Waals surface area contributed by atoms with Crippen molar-refractivity contribution in [2.75, 3.05) is 0 Å². The van der Waals surface area contributed by atoms with Crippen LogP contribution in [0, 0.1) is 94.7 Å². The third kappa shape index (κ3) is 2.63. The largest absolute Gasteiger partial charge is 0.103 e. The number of allylic oxidation sites excluding steroid dienone is 1. The van der Waals surface area contributed by atoms with Crippen LogP contribution >= 0.6 is 0 Å². The highest BCUT2D eigenvalue weighted by molar-refractivity contribution is 5.28. The van der Waals surface area contributed by atoms with Gasteiger partial charge in [-0.2, -0.15) is 0 Å². The Morgan fingerprint density at radius 2 is 1.00 bits per heavy atom. The van der Waals surface area contributed by atoms with Crippen molar-refractivity contribution in [1.29, 1.82) is 0 Å². The van der Waals surface area contributed by atoms with Crippen LogP contribution in [0.1, 0.15) is 103 Å². The fourth-order valence-electron chi connectivity index (χ4n) is 13.8. The zero-order valence-electron chi connectivity index (χ0n) is 22.1. The molecule has 0 spiro atoms. The topological polar surface area (TPSA) is 0 Å². The molecule has 0 aliphatic heterocycles. The summed E-state index contributed by atoms with van der Waals surface area (Å²) < 4.78 is 0. The molecule has 8 fully saturated rings. The van der Waals surface area contributed by atoms with Gasteiger partial charge in [-0.05, 0) is 133 Å². The van der Waals surface area contributed by atoms with Gasteiger partial charge in [0.25, 0.3) is 0 Å². The van der Waals surface area contributed by atoms with Crippen LogP contribution in [0.5, 0.6) is 0 Å². The molecule has 8 aliphatic rings. The molecule has 0 heteroatoms. The van der Waals surface area contributed by atoms with Crippen molar-refractivity contribution >= 4 is 0 Å². The molecular formula is C34H52. The third-order valence-corrected chi connectivity index (χ3v) is 14.7. The highest BCUT2D eigenvalue weighted by Crippen LogP contribution is 2.85. The second-order valence-corrected chi connectivity index (χ2v) is 15.1. The summed E-state index contributed by atoms with van der Waals surface area (Å²) >= 11 is 0. The summed E-state index contributed by atoms with van der Waals surface area (Å²) in [5.41, 5.74) is 0. The molecule has 8 saturated carbocycles. The maximum absolute atomic E-state index is 4.29. The minimum atomic E-state index is 0.892. The number of hydrogen-bond acceptors (Lipinski definition) is 0. The lowest BCUT2D eigenvalue weighted by Crippen LogP contribution is -2.81. The number of hydrogen-bond donors (Lipinski definition) is 0. The van der Waals surface area contributed by atoms with Crippen LogP contribution in [0.2, 0.25) is 0 Å². The molecule has 0 heterocycles. The normalized spacial score (nSPS) is 61.1. The summed E-state index contributed by atoms with van der Waals surface area (Å²) in [5, 5.41) is 0. The third-order valence-electron chi connectivity index (χ3n) is 14.7. The molecular weight excluding hydrogens is 408 g/mol. The Morgan fingerprint density at radius 1 is 0.529 bits per heavy atom. The molecule has 16 unspecified atom stereocenters. The van der Waals surface area contributed by atoms with E-state index in [2.05, 4.69) is 19.6 Å². The molecule has 0 saturated heterocycles. The maximum Gasteiger partial charge on any atom is -0.0171 e. The van der Waals surface area contributed by atoms with Gasteiger partial charge in [0.15, 0.2) is 0 Å². The highest BCUT2D eigenvalue weighted by atomic mass is 14.9. The van der Waals surface area contributed by atoms with Gasteiger partial charge < -0.3 is 0 Å². The first-order chi connectivity index (χ1) is 16.8. The summed E-state index contributed by atoms with van der Waals surface area (Å²) in [6, 6.07) is 0. The summed E-state index contributed by atoms with van der Waals surface area (Å²) in [7, 11) is 0. The van der Waals surface area contributed by atoms with Crippen LogP contribution in [-0.2, 0) is 0 Å². The first kappa shape index (κ1) is 21.8. The molecule has 0 radical (unpaired) electrons. The summed E-state index contributed by atoms with van der Waals surface area (Å²) in [4.78, 5) is 0. The van der Waals surface area contributed by atoms with Gasteiger partial charge in [-0.1, -0.05) is 70.8 Å². The molecule has 0 aromatic rings. The van der Waals surface area contributed by atoms with Gasteiger partial charge in [0.2, 0.25) is 0 Å². The van der Waals surface area contributed by atoms with Gasteiger partial charge in [-0.3, -0.25) is 0 Å². The van der Waals surface area contributed by atoms with Crippen LogP contribution in [0.3, 0.4) is 0 Å². The van der Waals surface area contributed by atoms with E-state index in [-0.39, 0.29) is 0 Å². The highest BCUT2D eigenvalue weighted by Gasteiger charge is 2.81. The van der Waals surface area contributed by atoms with Gasteiger partial charge in [0.1, 0.15) is 0 Å². The molecule has 0 aromatic carbocycles. The van der Waals surface area contributed by atoms with Gasteiger partial charge in [-0.15, -0.1) is 6.58 Å². The Morgan fingerprint density at radius 3 is 1.56 bits per heavy atom. The Hall–Kier alpha value is -0.260. The molecule has 0 bridgehead atoms. The fraction of sp³-hybridized carbons (Fsp3) is 0.941. The van der Waals surface area contributed by atoms with Crippen LogP contribution in [0.4, 0.5) is 0 Å². The molecule has 8 aliphatic carbocycles. The standard InChI is InChI=1S/C34H52/c1-3-13-20-19(4-2)27-23-16-17-24-26(18-25(23)28(20)27)32-31(24)33-29-21-14-11-9-7-5-6-8-10-12-15-22(21)30(29)34(32)33/h4,19-34H,2-3,5-18H2,1H3. The number of rotatable bonds is 3. The average Bonchev–Trinajstić information content (AvgIpc) is 2.92. The van der Waals surface area contributed by atoms with Crippen LogP contribution in [0.15, 0.2) is 12.7 Å². The van der Waals surface area contributed by atoms with Crippen molar-refractivity contribution in [2.45, 2.75) is 103 Å². The van der Waals surface area contributed by atoms with Crippen molar-refractivity contribution < 1.29 is 0 Å². The van der Waals surface area contributed by atoms with E-state index in [1.165, 1.54) is 97.7 Å². The van der Waals surface area contributed by atoms with E-state index in [0.29, 0.717) is 0 Å².